The van der Waals surface area contributed by atoms with Crippen molar-refractivity contribution in [2.75, 3.05) is 31.7 Å². The molecule has 1 aliphatic heterocycles. The smallest absolute Gasteiger partial charge is 0.315 e. The van der Waals surface area contributed by atoms with E-state index in [1.165, 1.54) is 0 Å². The van der Waals surface area contributed by atoms with Crippen molar-refractivity contribution in [1.82, 2.24) is 10.6 Å². The third kappa shape index (κ3) is 5.63. The van der Waals surface area contributed by atoms with Crippen molar-refractivity contribution in [2.24, 2.45) is 0 Å². The molecule has 1 heterocycles. The highest BCUT2D eigenvalue weighted by Crippen LogP contribution is 2.24. The molecule has 3 rings (SSSR count). The quantitative estimate of drug-likeness (QED) is 0.718. The second-order valence-corrected chi connectivity index (χ2v) is 6.83. The first-order valence-electron chi connectivity index (χ1n) is 9.79. The topological polar surface area (TPSA) is 79.9 Å². The summed E-state index contributed by atoms with van der Waals surface area (Å²) in [5.41, 5.74) is 1.92. The lowest BCUT2D eigenvalue weighted by Crippen LogP contribution is -2.43. The lowest BCUT2D eigenvalue weighted by Gasteiger charge is -2.18. The first-order valence-corrected chi connectivity index (χ1v) is 9.79. The maximum atomic E-state index is 12.3. The van der Waals surface area contributed by atoms with Crippen molar-refractivity contribution in [3.8, 4) is 11.5 Å². The number of carbonyl (C=O) groups is 2. The number of hydrogen-bond acceptors (Lipinski definition) is 4. The number of nitrogens with zero attached hydrogens (tertiary/aromatic N) is 1. The van der Waals surface area contributed by atoms with Gasteiger partial charge in [-0.3, -0.25) is 4.79 Å². The van der Waals surface area contributed by atoms with Crippen LogP contribution < -0.4 is 25.0 Å². The number of urea groups is 1. The normalized spacial score (nSPS) is 15.9. The van der Waals surface area contributed by atoms with Gasteiger partial charge in [-0.15, -0.1) is 0 Å². The largest absolute Gasteiger partial charge is 0.497 e. The van der Waals surface area contributed by atoms with Gasteiger partial charge in [-0.2, -0.15) is 0 Å². The Morgan fingerprint density at radius 3 is 2.45 bits per heavy atom. The number of methoxy groups -OCH3 is 1. The molecule has 1 aliphatic rings. The summed E-state index contributed by atoms with van der Waals surface area (Å²) in [4.78, 5) is 26.2. The Kier molecular flexibility index (Phi) is 6.94. The lowest BCUT2D eigenvalue weighted by molar-refractivity contribution is -0.117. The van der Waals surface area contributed by atoms with Crippen molar-refractivity contribution in [3.05, 3.63) is 54.1 Å². The number of ether oxygens (including phenoxy) is 2. The fourth-order valence-corrected chi connectivity index (χ4v) is 3.29. The molecule has 0 aliphatic carbocycles. The fourth-order valence-electron chi connectivity index (χ4n) is 3.29. The van der Waals surface area contributed by atoms with Gasteiger partial charge in [-0.25, -0.2) is 4.79 Å². The number of hydrogen-bond donors (Lipinski definition) is 2. The molecule has 154 valence electrons. The summed E-state index contributed by atoms with van der Waals surface area (Å²) in [6, 6.07) is 14.7. The van der Waals surface area contributed by atoms with Crippen molar-refractivity contribution in [3.63, 3.8) is 0 Å². The van der Waals surface area contributed by atoms with E-state index in [1.54, 1.807) is 12.0 Å². The van der Waals surface area contributed by atoms with Crippen LogP contribution in [-0.2, 0) is 11.2 Å². The third-order valence-electron chi connectivity index (χ3n) is 4.78. The Morgan fingerprint density at radius 2 is 1.79 bits per heavy atom. The van der Waals surface area contributed by atoms with Crippen LogP contribution in [0.3, 0.4) is 0 Å². The monoisotopic (exact) mass is 397 g/mol. The number of carbonyl (C=O) groups excluding carboxylic acids is 2. The third-order valence-corrected chi connectivity index (χ3v) is 4.78. The van der Waals surface area contributed by atoms with Crippen molar-refractivity contribution < 1.29 is 19.1 Å². The Bertz CT molecular complexity index is 821. The van der Waals surface area contributed by atoms with Gasteiger partial charge >= 0.3 is 6.03 Å². The molecule has 1 atom stereocenters. The van der Waals surface area contributed by atoms with E-state index in [4.69, 9.17) is 9.47 Å². The Morgan fingerprint density at radius 1 is 1.10 bits per heavy atom. The zero-order valence-electron chi connectivity index (χ0n) is 16.8. The highest BCUT2D eigenvalue weighted by atomic mass is 16.5. The van der Waals surface area contributed by atoms with Gasteiger partial charge in [0, 0.05) is 25.2 Å². The summed E-state index contributed by atoms with van der Waals surface area (Å²) in [7, 11) is 1.63. The van der Waals surface area contributed by atoms with Crippen LogP contribution in [0, 0.1) is 0 Å². The molecule has 1 saturated heterocycles. The summed E-state index contributed by atoms with van der Waals surface area (Å²) in [6.07, 6.45) is 1.01. The molecule has 3 amide bonds. The van der Waals surface area contributed by atoms with E-state index in [9.17, 15) is 9.59 Å². The van der Waals surface area contributed by atoms with E-state index in [2.05, 4.69) is 10.6 Å². The minimum absolute atomic E-state index is 0.00214. The molecule has 0 unspecified atom stereocenters. The first-order chi connectivity index (χ1) is 14.1. The summed E-state index contributed by atoms with van der Waals surface area (Å²) < 4.78 is 10.6. The Balaban J connectivity index is 1.44. The minimum Gasteiger partial charge on any atom is -0.497 e. The van der Waals surface area contributed by atoms with E-state index < -0.39 is 0 Å². The molecule has 29 heavy (non-hydrogen) atoms. The van der Waals surface area contributed by atoms with Crippen LogP contribution in [0.2, 0.25) is 0 Å². The van der Waals surface area contributed by atoms with Crippen molar-refractivity contribution in [1.29, 1.82) is 0 Å². The van der Waals surface area contributed by atoms with Crippen LogP contribution >= 0.6 is 0 Å². The molecule has 0 saturated carbocycles. The Hall–Kier alpha value is -3.22. The molecule has 7 nitrogen and oxygen atoms in total. The maximum absolute atomic E-state index is 12.3. The summed E-state index contributed by atoms with van der Waals surface area (Å²) in [5, 5.41) is 5.74. The predicted octanol–water partition coefficient (Wildman–Crippen LogP) is 2.74. The van der Waals surface area contributed by atoms with Gasteiger partial charge in [0.2, 0.25) is 5.91 Å². The number of nitrogens with one attached hydrogen (secondary N) is 2. The second kappa shape index (κ2) is 9.82. The number of anilines is 1. The van der Waals surface area contributed by atoms with Crippen LogP contribution in [0.25, 0.3) is 0 Å². The molecular formula is C22H27N3O4. The molecular weight excluding hydrogens is 370 g/mol. The number of benzene rings is 2. The second-order valence-electron chi connectivity index (χ2n) is 6.83. The lowest BCUT2D eigenvalue weighted by atomic mass is 10.1. The maximum Gasteiger partial charge on any atom is 0.315 e. The zero-order valence-corrected chi connectivity index (χ0v) is 16.8. The van der Waals surface area contributed by atoms with E-state index in [-0.39, 0.29) is 18.0 Å². The molecule has 2 N–H and O–H groups in total. The van der Waals surface area contributed by atoms with Gasteiger partial charge in [-0.1, -0.05) is 12.1 Å². The SMILES string of the molecule is CCOc1ccc(N2C[C@@H](NC(=O)NCCc3ccc(OC)cc3)CC2=O)cc1. The molecule has 2 aromatic carbocycles. The highest BCUT2D eigenvalue weighted by molar-refractivity contribution is 5.96. The number of rotatable bonds is 8. The van der Waals surface area contributed by atoms with E-state index in [0.717, 1.165) is 29.2 Å². The minimum atomic E-state index is -0.259. The van der Waals surface area contributed by atoms with Gasteiger partial charge < -0.3 is 25.0 Å². The molecule has 0 bridgehead atoms. The van der Waals surface area contributed by atoms with Crippen molar-refractivity contribution in [2.45, 2.75) is 25.8 Å². The average molecular weight is 397 g/mol. The van der Waals surface area contributed by atoms with Gasteiger partial charge in [-0.05, 0) is 55.3 Å². The molecule has 2 aromatic rings. The highest BCUT2D eigenvalue weighted by Gasteiger charge is 2.31. The van der Waals surface area contributed by atoms with E-state index >= 15 is 0 Å². The molecule has 0 aromatic heterocycles. The van der Waals surface area contributed by atoms with Crippen molar-refractivity contribution >= 4 is 17.6 Å². The standard InChI is InChI=1S/C22H27N3O4/c1-3-29-20-10-6-18(7-11-20)25-15-17(14-21(25)26)24-22(27)23-13-12-16-4-8-19(28-2)9-5-16/h4-11,17H,3,12-15H2,1-2H3,(H2,23,24,27)/t17-/m0/s1. The number of amides is 3. The van der Waals surface area contributed by atoms with Crippen LogP contribution in [0.15, 0.2) is 48.5 Å². The summed E-state index contributed by atoms with van der Waals surface area (Å²) in [6.45, 7) is 3.50. The zero-order chi connectivity index (χ0) is 20.6. The molecule has 0 spiro atoms. The Labute approximate surface area is 171 Å². The van der Waals surface area contributed by atoms with E-state index in [1.807, 2.05) is 55.5 Å². The summed E-state index contributed by atoms with van der Waals surface area (Å²) in [5.74, 6) is 1.58. The van der Waals surface area contributed by atoms with Crippen LogP contribution in [0.1, 0.15) is 18.9 Å². The van der Waals surface area contributed by atoms with Crippen LogP contribution in [0.4, 0.5) is 10.5 Å². The van der Waals surface area contributed by atoms with Gasteiger partial charge in [0.15, 0.2) is 0 Å². The summed E-state index contributed by atoms with van der Waals surface area (Å²) >= 11 is 0. The van der Waals surface area contributed by atoms with E-state index in [0.29, 0.717) is 26.1 Å². The van der Waals surface area contributed by atoms with Crippen LogP contribution in [0.5, 0.6) is 11.5 Å². The predicted molar refractivity (Wildman–Crippen MR) is 112 cm³/mol. The first kappa shape index (κ1) is 20.5. The van der Waals surface area contributed by atoms with Gasteiger partial charge in [0.1, 0.15) is 11.5 Å². The van der Waals surface area contributed by atoms with Crippen LogP contribution in [-0.4, -0.2) is 44.8 Å². The average Bonchev–Trinajstić information content (AvgIpc) is 3.09. The molecule has 7 heteroatoms. The molecule has 1 fully saturated rings. The van der Waals surface area contributed by atoms with Gasteiger partial charge in [0.25, 0.3) is 0 Å². The van der Waals surface area contributed by atoms with Gasteiger partial charge in [0.05, 0.1) is 19.8 Å². The fraction of sp³-hybridized carbons (Fsp3) is 0.364. The molecule has 0 radical (unpaired) electrons.